The van der Waals surface area contributed by atoms with Crippen molar-refractivity contribution in [2.45, 2.75) is 94.4 Å². The lowest BCUT2D eigenvalue weighted by atomic mass is 9.84. The molecule has 0 aromatic carbocycles. The van der Waals surface area contributed by atoms with Crippen LogP contribution in [0.2, 0.25) is 0 Å². The molecule has 0 aliphatic heterocycles. The van der Waals surface area contributed by atoms with Crippen LogP contribution in [0.15, 0.2) is 0 Å². The topological polar surface area (TPSA) is 52.6 Å². The Balaban J connectivity index is 3.92. The van der Waals surface area contributed by atoms with Gasteiger partial charge in [0.1, 0.15) is 0 Å². The summed E-state index contributed by atoms with van der Waals surface area (Å²) in [5.41, 5.74) is 0.448. The highest BCUT2D eigenvalue weighted by Gasteiger charge is 2.20. The quantitative estimate of drug-likeness (QED) is 0.408. The molecule has 0 saturated carbocycles. The first kappa shape index (κ1) is 25.9. The Bertz CT molecular complexity index is 442. The van der Waals surface area contributed by atoms with Crippen LogP contribution in [0.1, 0.15) is 94.4 Å². The van der Waals surface area contributed by atoms with Crippen molar-refractivity contribution < 1.29 is 19.1 Å². The molecule has 3 unspecified atom stereocenters. The van der Waals surface area contributed by atoms with E-state index in [4.69, 9.17) is 9.47 Å². The molecule has 27 heavy (non-hydrogen) atoms. The van der Waals surface area contributed by atoms with Crippen LogP contribution < -0.4 is 0 Å². The summed E-state index contributed by atoms with van der Waals surface area (Å²) in [7, 11) is 0. The first-order chi connectivity index (χ1) is 12.2. The van der Waals surface area contributed by atoms with E-state index in [9.17, 15) is 9.59 Å². The number of hydrogen-bond donors (Lipinski definition) is 0. The molecule has 4 heteroatoms. The lowest BCUT2D eigenvalue weighted by molar-refractivity contribution is -0.148. The van der Waals surface area contributed by atoms with Crippen molar-refractivity contribution >= 4 is 11.9 Å². The summed E-state index contributed by atoms with van der Waals surface area (Å²) in [6.07, 6.45) is 3.64. The Kier molecular flexibility index (Phi) is 11.2. The molecule has 0 amide bonds. The van der Waals surface area contributed by atoms with Gasteiger partial charge in [-0.15, -0.1) is 0 Å². The minimum Gasteiger partial charge on any atom is -0.466 e. The van der Waals surface area contributed by atoms with Crippen LogP contribution in [0.5, 0.6) is 0 Å². The zero-order valence-electron chi connectivity index (χ0n) is 19.3. The van der Waals surface area contributed by atoms with E-state index in [-0.39, 0.29) is 28.7 Å². The van der Waals surface area contributed by atoms with Gasteiger partial charge in [-0.1, -0.05) is 62.3 Å². The number of rotatable bonds is 11. The molecular formula is C23H44O4. The number of hydrogen-bond acceptors (Lipinski definition) is 4. The first-order valence-corrected chi connectivity index (χ1v) is 10.5. The minimum absolute atomic E-state index is 0.132. The normalized spacial score (nSPS) is 15.7. The van der Waals surface area contributed by atoms with Crippen LogP contribution in [-0.4, -0.2) is 25.2 Å². The fraction of sp³-hybridized carbons (Fsp3) is 0.913. The van der Waals surface area contributed by atoms with Crippen LogP contribution in [0, 0.1) is 28.6 Å². The molecule has 0 aromatic rings. The predicted octanol–water partition coefficient (Wildman–Crippen LogP) is 6.02. The van der Waals surface area contributed by atoms with Gasteiger partial charge in [0.15, 0.2) is 0 Å². The largest absolute Gasteiger partial charge is 0.466 e. The van der Waals surface area contributed by atoms with Crippen molar-refractivity contribution in [3.8, 4) is 0 Å². The van der Waals surface area contributed by atoms with Crippen molar-refractivity contribution in [3.05, 3.63) is 0 Å². The standard InChI is InChI=1S/C23H44O4/c1-17(16-27-21(25)13-19(3)15-23(7,8)9)10-11-26-20(24)12-18(2)14-22(4,5)6/h17-19H,10-16H2,1-9H3. The maximum Gasteiger partial charge on any atom is 0.306 e. The van der Waals surface area contributed by atoms with Gasteiger partial charge in [-0.2, -0.15) is 0 Å². The summed E-state index contributed by atoms with van der Waals surface area (Å²) in [4.78, 5) is 23.9. The molecule has 0 aromatic heterocycles. The molecule has 160 valence electrons. The van der Waals surface area contributed by atoms with E-state index in [0.29, 0.717) is 44.3 Å². The van der Waals surface area contributed by atoms with E-state index in [1.54, 1.807) is 0 Å². The molecule has 0 rings (SSSR count). The maximum atomic E-state index is 12.0. The lowest BCUT2D eigenvalue weighted by Gasteiger charge is -2.23. The van der Waals surface area contributed by atoms with Gasteiger partial charge in [0, 0.05) is 12.8 Å². The smallest absolute Gasteiger partial charge is 0.306 e. The van der Waals surface area contributed by atoms with Crippen LogP contribution >= 0.6 is 0 Å². The third-order valence-electron chi connectivity index (χ3n) is 4.35. The monoisotopic (exact) mass is 384 g/mol. The van der Waals surface area contributed by atoms with E-state index in [0.717, 1.165) is 12.8 Å². The zero-order valence-corrected chi connectivity index (χ0v) is 19.3. The molecule has 4 nitrogen and oxygen atoms in total. The molecule has 0 fully saturated rings. The summed E-state index contributed by atoms with van der Waals surface area (Å²) in [6, 6.07) is 0. The molecule has 0 N–H and O–H groups in total. The predicted molar refractivity (Wildman–Crippen MR) is 111 cm³/mol. The maximum absolute atomic E-state index is 12.0. The second kappa shape index (κ2) is 11.7. The van der Waals surface area contributed by atoms with Crippen molar-refractivity contribution in [2.24, 2.45) is 28.6 Å². The molecule has 0 aliphatic rings. The van der Waals surface area contributed by atoms with E-state index >= 15 is 0 Å². The van der Waals surface area contributed by atoms with Gasteiger partial charge in [0.2, 0.25) is 0 Å². The molecule has 0 radical (unpaired) electrons. The van der Waals surface area contributed by atoms with Gasteiger partial charge in [-0.25, -0.2) is 0 Å². The Morgan fingerprint density at radius 1 is 0.704 bits per heavy atom. The number of ether oxygens (including phenoxy) is 2. The Morgan fingerprint density at radius 2 is 1.11 bits per heavy atom. The molecule has 0 spiro atoms. The third-order valence-corrected chi connectivity index (χ3v) is 4.35. The Hall–Kier alpha value is -1.06. The highest BCUT2D eigenvalue weighted by atomic mass is 16.5. The molecule has 3 atom stereocenters. The Morgan fingerprint density at radius 3 is 1.52 bits per heavy atom. The molecular weight excluding hydrogens is 340 g/mol. The van der Waals surface area contributed by atoms with Gasteiger partial charge in [0.05, 0.1) is 13.2 Å². The van der Waals surface area contributed by atoms with Gasteiger partial charge in [-0.3, -0.25) is 9.59 Å². The van der Waals surface area contributed by atoms with Crippen molar-refractivity contribution in [2.75, 3.05) is 13.2 Å². The number of carbonyl (C=O) groups is 2. The lowest BCUT2D eigenvalue weighted by Crippen LogP contribution is -2.19. The number of esters is 2. The average Bonchev–Trinajstić information content (AvgIpc) is 2.40. The van der Waals surface area contributed by atoms with Crippen LogP contribution in [0.25, 0.3) is 0 Å². The van der Waals surface area contributed by atoms with Gasteiger partial charge >= 0.3 is 11.9 Å². The van der Waals surface area contributed by atoms with E-state index < -0.39 is 0 Å². The second-order valence-corrected chi connectivity index (χ2v) is 10.9. The molecule has 0 aliphatic carbocycles. The highest BCUT2D eigenvalue weighted by Crippen LogP contribution is 2.27. The summed E-state index contributed by atoms with van der Waals surface area (Å²) < 4.78 is 10.7. The highest BCUT2D eigenvalue weighted by molar-refractivity contribution is 5.70. The fourth-order valence-electron chi connectivity index (χ4n) is 3.61. The SMILES string of the molecule is CC(CCOC(=O)CC(C)CC(C)(C)C)COC(=O)CC(C)CC(C)(C)C. The van der Waals surface area contributed by atoms with E-state index in [2.05, 4.69) is 55.4 Å². The molecule has 0 saturated heterocycles. The van der Waals surface area contributed by atoms with Crippen molar-refractivity contribution in [1.82, 2.24) is 0 Å². The zero-order chi connectivity index (χ0) is 21.3. The van der Waals surface area contributed by atoms with Crippen molar-refractivity contribution in [3.63, 3.8) is 0 Å². The van der Waals surface area contributed by atoms with Crippen LogP contribution in [0.4, 0.5) is 0 Å². The first-order valence-electron chi connectivity index (χ1n) is 10.5. The summed E-state index contributed by atoms with van der Waals surface area (Å²) in [5, 5.41) is 0. The van der Waals surface area contributed by atoms with Gasteiger partial charge < -0.3 is 9.47 Å². The summed E-state index contributed by atoms with van der Waals surface area (Å²) in [5.74, 6) is 0.569. The molecule has 0 heterocycles. The van der Waals surface area contributed by atoms with Gasteiger partial charge in [-0.05, 0) is 47.8 Å². The van der Waals surface area contributed by atoms with E-state index in [1.807, 2.05) is 6.92 Å². The molecule has 0 bridgehead atoms. The second-order valence-electron chi connectivity index (χ2n) is 10.9. The number of carbonyl (C=O) groups excluding carboxylic acids is 2. The summed E-state index contributed by atoms with van der Waals surface area (Å²) >= 11 is 0. The Labute approximate surface area is 167 Å². The third kappa shape index (κ3) is 16.8. The van der Waals surface area contributed by atoms with Crippen molar-refractivity contribution in [1.29, 1.82) is 0 Å². The van der Waals surface area contributed by atoms with E-state index in [1.165, 1.54) is 0 Å². The van der Waals surface area contributed by atoms with Crippen LogP contribution in [0.3, 0.4) is 0 Å². The average molecular weight is 385 g/mol. The summed E-state index contributed by atoms with van der Waals surface area (Å²) in [6.45, 7) is 20.1. The minimum atomic E-state index is -0.133. The fourth-order valence-corrected chi connectivity index (χ4v) is 3.61. The van der Waals surface area contributed by atoms with Crippen LogP contribution in [-0.2, 0) is 19.1 Å². The van der Waals surface area contributed by atoms with Gasteiger partial charge in [0.25, 0.3) is 0 Å².